The summed E-state index contributed by atoms with van der Waals surface area (Å²) in [6, 6.07) is 11.5. The van der Waals surface area contributed by atoms with E-state index in [1.54, 1.807) is 13.2 Å². The van der Waals surface area contributed by atoms with Crippen LogP contribution in [0.3, 0.4) is 0 Å². The van der Waals surface area contributed by atoms with Crippen LogP contribution in [0.2, 0.25) is 5.02 Å². The number of aliphatic hydroxyl groups excluding tert-OH is 1. The molecule has 8 nitrogen and oxygen atoms in total. The lowest BCUT2D eigenvalue weighted by Crippen LogP contribution is -2.44. The van der Waals surface area contributed by atoms with Crippen molar-refractivity contribution < 1.29 is 14.6 Å². The van der Waals surface area contributed by atoms with E-state index in [2.05, 4.69) is 25.9 Å². The van der Waals surface area contributed by atoms with Crippen LogP contribution in [0.4, 0.5) is 5.82 Å². The van der Waals surface area contributed by atoms with Gasteiger partial charge >= 0.3 is 0 Å². The molecule has 1 fully saturated rings. The molecule has 4 heterocycles. The number of nitrogens with zero attached hydrogens (tertiary/aromatic N) is 2. The maximum Gasteiger partial charge on any atom is 0.235 e. The molecule has 3 aromatic rings. The maximum absolute atomic E-state index is 11.8. The Morgan fingerprint density at radius 2 is 2.11 bits per heavy atom. The van der Waals surface area contributed by atoms with E-state index >= 15 is 0 Å². The largest absolute Gasteiger partial charge is 0.481 e. The number of hydrogen-bond donors (Lipinski definition) is 4. The SMILES string of the molecule is COc1ccc2ccc(Cl)c(C(O)CC(NCc3ccc4c(n3)NC(=O)CS4)C3CCCNC3)c2n1. The van der Waals surface area contributed by atoms with Crippen LogP contribution >= 0.6 is 23.4 Å². The van der Waals surface area contributed by atoms with Gasteiger partial charge in [-0.05, 0) is 62.5 Å². The number of halogens is 1. The number of pyridine rings is 2. The van der Waals surface area contributed by atoms with Gasteiger partial charge in [-0.25, -0.2) is 9.97 Å². The summed E-state index contributed by atoms with van der Waals surface area (Å²) < 4.78 is 5.32. The van der Waals surface area contributed by atoms with Crippen molar-refractivity contribution in [1.29, 1.82) is 0 Å². The van der Waals surface area contributed by atoms with E-state index in [-0.39, 0.29) is 11.9 Å². The highest BCUT2D eigenvalue weighted by Gasteiger charge is 2.28. The van der Waals surface area contributed by atoms with Crippen molar-refractivity contribution in [3.05, 3.63) is 52.7 Å². The van der Waals surface area contributed by atoms with Crippen molar-refractivity contribution in [2.24, 2.45) is 5.92 Å². The monoisotopic (exact) mass is 527 g/mol. The van der Waals surface area contributed by atoms with E-state index in [1.807, 2.05) is 30.3 Å². The number of piperidine rings is 1. The number of ether oxygens (including phenoxy) is 1. The smallest absolute Gasteiger partial charge is 0.235 e. The summed E-state index contributed by atoms with van der Waals surface area (Å²) >= 11 is 8.09. The molecule has 1 amide bonds. The van der Waals surface area contributed by atoms with Crippen LogP contribution < -0.4 is 20.7 Å². The zero-order chi connectivity index (χ0) is 25.1. The lowest BCUT2D eigenvalue weighted by atomic mass is 9.86. The minimum absolute atomic E-state index is 0.0199. The number of methoxy groups -OCH3 is 1. The summed E-state index contributed by atoms with van der Waals surface area (Å²) in [6.45, 7) is 2.41. The number of carbonyl (C=O) groups excluding carboxylic acids is 1. The Morgan fingerprint density at radius 1 is 1.25 bits per heavy atom. The fourth-order valence-corrected chi connectivity index (χ4v) is 6.00. The number of carbonyl (C=O) groups is 1. The second kappa shape index (κ2) is 11.3. The molecule has 3 unspecified atom stereocenters. The first-order valence-corrected chi connectivity index (χ1v) is 13.6. The molecule has 0 saturated carbocycles. The molecule has 190 valence electrons. The van der Waals surface area contributed by atoms with Gasteiger partial charge in [0.1, 0.15) is 5.82 Å². The normalized spacial score (nSPS) is 19.4. The molecule has 1 aromatic carbocycles. The van der Waals surface area contributed by atoms with Gasteiger partial charge in [0, 0.05) is 34.6 Å². The number of anilines is 1. The second-order valence-corrected chi connectivity index (χ2v) is 10.6. The van der Waals surface area contributed by atoms with Crippen molar-refractivity contribution in [2.45, 2.75) is 42.8 Å². The van der Waals surface area contributed by atoms with Crippen LogP contribution in [-0.4, -0.2) is 53.0 Å². The molecule has 0 bridgehead atoms. The number of amides is 1. The van der Waals surface area contributed by atoms with E-state index in [0.29, 0.717) is 52.4 Å². The van der Waals surface area contributed by atoms with Crippen molar-refractivity contribution in [2.75, 3.05) is 31.3 Å². The van der Waals surface area contributed by atoms with Gasteiger partial charge in [0.2, 0.25) is 11.8 Å². The standard InChI is InChI=1S/C26H30ClN5O3S/c1-35-23-9-5-15-4-7-18(27)24(25(15)32-23)20(33)11-19(16-3-2-10-28-12-16)29-13-17-6-8-21-26(30-17)31-22(34)14-36-21/h4-9,16,19-20,28-29,33H,2-3,10-14H2,1H3,(H,30,31,34). The molecule has 0 spiro atoms. The fraction of sp³-hybridized carbons (Fsp3) is 0.423. The molecule has 10 heteroatoms. The maximum atomic E-state index is 11.8. The molecule has 0 aliphatic carbocycles. The molecule has 0 radical (unpaired) electrons. The first-order chi connectivity index (χ1) is 17.5. The third kappa shape index (κ3) is 5.60. The molecular formula is C26H30ClN5O3S. The Hall–Kier alpha value is -2.43. The zero-order valence-electron chi connectivity index (χ0n) is 20.1. The minimum Gasteiger partial charge on any atom is -0.481 e. The summed E-state index contributed by atoms with van der Waals surface area (Å²) in [7, 11) is 1.57. The van der Waals surface area contributed by atoms with Crippen LogP contribution in [0.25, 0.3) is 10.9 Å². The van der Waals surface area contributed by atoms with Crippen LogP contribution in [0.1, 0.15) is 36.6 Å². The third-order valence-electron chi connectivity index (χ3n) is 6.82. The van der Waals surface area contributed by atoms with Crippen LogP contribution in [-0.2, 0) is 11.3 Å². The van der Waals surface area contributed by atoms with Gasteiger partial charge in [0.25, 0.3) is 0 Å². The van der Waals surface area contributed by atoms with Crippen molar-refractivity contribution in [3.8, 4) is 5.88 Å². The van der Waals surface area contributed by atoms with Gasteiger partial charge < -0.3 is 25.8 Å². The molecule has 5 rings (SSSR count). The first kappa shape index (κ1) is 25.2. The zero-order valence-corrected chi connectivity index (χ0v) is 21.7. The lowest BCUT2D eigenvalue weighted by molar-refractivity contribution is -0.113. The number of nitrogens with one attached hydrogen (secondary N) is 3. The lowest BCUT2D eigenvalue weighted by Gasteiger charge is -2.33. The van der Waals surface area contributed by atoms with Crippen LogP contribution in [0.5, 0.6) is 5.88 Å². The molecule has 2 aliphatic rings. The van der Waals surface area contributed by atoms with E-state index in [0.717, 1.165) is 41.9 Å². The predicted molar refractivity (Wildman–Crippen MR) is 143 cm³/mol. The Balaban J connectivity index is 1.37. The highest BCUT2D eigenvalue weighted by molar-refractivity contribution is 8.00. The van der Waals surface area contributed by atoms with Gasteiger partial charge in [0.05, 0.1) is 35.1 Å². The van der Waals surface area contributed by atoms with Crippen molar-refractivity contribution in [3.63, 3.8) is 0 Å². The van der Waals surface area contributed by atoms with E-state index in [4.69, 9.17) is 16.3 Å². The van der Waals surface area contributed by atoms with Crippen LogP contribution in [0, 0.1) is 5.92 Å². The first-order valence-electron chi connectivity index (χ1n) is 12.2. The molecule has 1 saturated heterocycles. The van der Waals surface area contributed by atoms with Gasteiger partial charge in [-0.1, -0.05) is 17.7 Å². The van der Waals surface area contributed by atoms with E-state index < -0.39 is 6.10 Å². The Labute approximate surface area is 219 Å². The summed E-state index contributed by atoms with van der Waals surface area (Å²) in [5.74, 6) is 1.83. The number of benzene rings is 1. The number of fused-ring (bicyclic) bond motifs is 2. The number of aliphatic hydroxyl groups is 1. The average molecular weight is 528 g/mol. The van der Waals surface area contributed by atoms with E-state index in [1.165, 1.54) is 11.8 Å². The predicted octanol–water partition coefficient (Wildman–Crippen LogP) is 3.92. The molecule has 4 N–H and O–H groups in total. The van der Waals surface area contributed by atoms with Crippen LogP contribution in [0.15, 0.2) is 41.3 Å². The topological polar surface area (TPSA) is 108 Å². The van der Waals surface area contributed by atoms with Gasteiger partial charge in [-0.15, -0.1) is 11.8 Å². The highest BCUT2D eigenvalue weighted by atomic mass is 35.5. The number of aromatic nitrogens is 2. The average Bonchev–Trinajstić information content (AvgIpc) is 2.90. The number of rotatable bonds is 8. The Kier molecular flexibility index (Phi) is 7.93. The molecule has 2 aromatic heterocycles. The van der Waals surface area contributed by atoms with Crippen molar-refractivity contribution >= 4 is 46.0 Å². The molecular weight excluding hydrogens is 498 g/mol. The van der Waals surface area contributed by atoms with Gasteiger partial charge in [-0.3, -0.25) is 4.79 Å². The van der Waals surface area contributed by atoms with E-state index in [9.17, 15) is 9.90 Å². The molecule has 2 aliphatic heterocycles. The molecule has 3 atom stereocenters. The highest BCUT2D eigenvalue weighted by Crippen LogP contribution is 2.35. The number of thioether (sulfide) groups is 1. The van der Waals surface area contributed by atoms with Crippen molar-refractivity contribution in [1.82, 2.24) is 20.6 Å². The third-order valence-corrected chi connectivity index (χ3v) is 8.20. The number of hydrogen-bond acceptors (Lipinski definition) is 8. The Bertz CT molecular complexity index is 1250. The Morgan fingerprint density at radius 3 is 2.92 bits per heavy atom. The summed E-state index contributed by atoms with van der Waals surface area (Å²) in [5.41, 5.74) is 2.11. The van der Waals surface area contributed by atoms with Gasteiger partial charge in [0.15, 0.2) is 0 Å². The fourth-order valence-electron chi connectivity index (χ4n) is 4.96. The van der Waals surface area contributed by atoms with Gasteiger partial charge in [-0.2, -0.15) is 0 Å². The summed E-state index contributed by atoms with van der Waals surface area (Å²) in [5, 5.41) is 22.8. The summed E-state index contributed by atoms with van der Waals surface area (Å²) in [4.78, 5) is 22.0. The minimum atomic E-state index is -0.813. The quantitative estimate of drug-likeness (QED) is 0.349. The molecule has 36 heavy (non-hydrogen) atoms. The second-order valence-electron chi connectivity index (χ2n) is 9.22. The summed E-state index contributed by atoms with van der Waals surface area (Å²) in [6.07, 6.45) is 1.82.